The number of aromatic nitrogens is 3. The topological polar surface area (TPSA) is 432 Å². The van der Waals surface area contributed by atoms with E-state index in [4.69, 9.17) is 11.5 Å². The van der Waals surface area contributed by atoms with E-state index in [1.165, 1.54) is 41.7 Å². The van der Waals surface area contributed by atoms with Gasteiger partial charge in [-0.15, -0.1) is 0 Å². The third kappa shape index (κ3) is 21.2. The Morgan fingerprint density at radius 2 is 1.28 bits per heavy atom. The van der Waals surface area contributed by atoms with Gasteiger partial charge in [-0.3, -0.25) is 52.9 Å². The minimum atomic E-state index is -1.75. The summed E-state index contributed by atoms with van der Waals surface area (Å²) >= 11 is 0. The summed E-state index contributed by atoms with van der Waals surface area (Å²) < 4.78 is 0. The molecule has 2 aromatic heterocycles. The molecule has 0 saturated carbocycles. The fourth-order valence-corrected chi connectivity index (χ4v) is 10.5. The molecule has 4 heterocycles. The Morgan fingerprint density at radius 3 is 1.85 bits per heavy atom. The van der Waals surface area contributed by atoms with Gasteiger partial charge in [-0.2, -0.15) is 0 Å². The van der Waals surface area contributed by atoms with Crippen LogP contribution in [0.25, 0.3) is 10.9 Å². The zero-order valence-corrected chi connectivity index (χ0v) is 52.7. The van der Waals surface area contributed by atoms with Crippen molar-refractivity contribution in [2.45, 2.75) is 160 Å². The SMILES string of the molecule is CCNC(=O)[C@@H]1CCCN1C(=O)C(CCCN=C(N)N)NC(=O)C(CC(C)C)NC(=O)C(CC(C)C)NC(=O)C(Cc1ccc(O)cc1)NC(=O)C(CO)NC(=O)C(Cc1c[nH]c2ccccc12)NC(=O)C(Cc1cnc[nH]1)NC(=O)[C@@H]1CCC(=O)N1.[Ca+2].[H-].[H-]. The van der Waals surface area contributed by atoms with Gasteiger partial charge in [0.25, 0.3) is 0 Å². The van der Waals surface area contributed by atoms with Crippen molar-refractivity contribution in [3.8, 4) is 5.75 Å². The molecule has 0 aliphatic carbocycles. The van der Waals surface area contributed by atoms with Crippen LogP contribution in [-0.4, -0.2) is 213 Å². The molecule has 28 nitrogen and oxygen atoms in total. The van der Waals surface area contributed by atoms with Gasteiger partial charge in [-0.25, -0.2) is 4.98 Å². The van der Waals surface area contributed by atoms with Crippen LogP contribution in [0.4, 0.5) is 0 Å². The molecule has 9 atom stereocenters. The Bertz CT molecular complexity index is 3080. The normalized spacial score (nSPS) is 17.0. The molecule has 2 fully saturated rings. The first-order valence-corrected chi connectivity index (χ1v) is 29.5. The number of phenolic OH excluding ortho intramolecular Hbond substituents is 1. The van der Waals surface area contributed by atoms with Gasteiger partial charge in [0, 0.05) is 74.3 Å². The number of hydrogen-bond acceptors (Lipinski definition) is 14. The number of aliphatic hydroxyl groups is 1. The number of phenols is 1. The number of fused-ring (bicyclic) bond motifs is 1. The summed E-state index contributed by atoms with van der Waals surface area (Å²) in [5.74, 6) is -7.55. The number of aliphatic hydroxyl groups excluding tert-OH is 1. The van der Waals surface area contributed by atoms with Crippen molar-refractivity contribution in [3.05, 3.63) is 84.1 Å². The number of carbonyl (C=O) groups is 10. The van der Waals surface area contributed by atoms with Gasteiger partial charge in [0.15, 0.2) is 5.96 Å². The third-order valence-corrected chi connectivity index (χ3v) is 14.9. The summed E-state index contributed by atoms with van der Waals surface area (Å²) in [6.07, 6.45) is 5.80. The number of nitrogens with zero attached hydrogens (tertiary/aromatic N) is 3. The maximum absolute atomic E-state index is 14.7. The Morgan fingerprint density at radius 1 is 0.716 bits per heavy atom. The van der Waals surface area contributed by atoms with E-state index in [0.717, 1.165) is 5.52 Å². The first kappa shape index (κ1) is 70.9. The number of imidazole rings is 1. The van der Waals surface area contributed by atoms with Gasteiger partial charge < -0.3 is 87.3 Å². The molecule has 2 aliphatic heterocycles. The molecule has 4 aromatic rings. The predicted molar refractivity (Wildman–Crippen MR) is 328 cm³/mol. The molecule has 0 spiro atoms. The number of likely N-dealkylation sites (tertiary alicyclic amines) is 1. The summed E-state index contributed by atoms with van der Waals surface area (Å²) in [5.41, 5.74) is 13.3. The summed E-state index contributed by atoms with van der Waals surface area (Å²) in [7, 11) is 0. The van der Waals surface area contributed by atoms with Crippen LogP contribution in [0.15, 0.2) is 72.2 Å². The summed E-state index contributed by atoms with van der Waals surface area (Å²) in [6, 6.07) is 1.58. The monoisotopic (exact) mass is 1250 g/mol. The number of H-pyrrole nitrogens is 2. The van der Waals surface area contributed by atoms with E-state index < -0.39 is 108 Å². The van der Waals surface area contributed by atoms with Gasteiger partial charge in [0.1, 0.15) is 60.1 Å². The van der Waals surface area contributed by atoms with Crippen LogP contribution in [0.2, 0.25) is 0 Å². The largest absolute Gasteiger partial charge is 2.00 e. The molecule has 7 unspecified atom stereocenters. The van der Waals surface area contributed by atoms with Crippen LogP contribution in [-0.2, 0) is 67.2 Å². The van der Waals surface area contributed by atoms with Crippen LogP contribution in [0.1, 0.15) is 106 Å². The minimum Gasteiger partial charge on any atom is -1.00 e. The minimum absolute atomic E-state index is 0. The number of aromatic hydroxyl groups is 1. The summed E-state index contributed by atoms with van der Waals surface area (Å²) in [6.45, 7) is 8.82. The van der Waals surface area contributed by atoms with Crippen molar-refractivity contribution in [2.24, 2.45) is 28.3 Å². The average molecular weight is 1250 g/mol. The van der Waals surface area contributed by atoms with Crippen LogP contribution in [0, 0.1) is 11.8 Å². The molecule has 0 radical (unpaired) electrons. The van der Waals surface area contributed by atoms with Crippen molar-refractivity contribution in [1.29, 1.82) is 0 Å². The number of amides is 10. The molecule has 17 N–H and O–H groups in total. The van der Waals surface area contributed by atoms with Crippen molar-refractivity contribution in [1.82, 2.24) is 67.7 Å². The molecule has 2 aromatic carbocycles. The quantitative estimate of drug-likeness (QED) is 0.0113. The van der Waals surface area contributed by atoms with Gasteiger partial charge in [-0.05, 0) is 93.0 Å². The number of nitrogens with two attached hydrogens (primary N) is 2. The first-order valence-electron chi connectivity index (χ1n) is 29.5. The van der Waals surface area contributed by atoms with Crippen molar-refractivity contribution >= 4 is 114 Å². The molecule has 6 rings (SSSR count). The van der Waals surface area contributed by atoms with Crippen molar-refractivity contribution in [2.75, 3.05) is 26.2 Å². The van der Waals surface area contributed by atoms with Crippen molar-refractivity contribution in [3.63, 3.8) is 0 Å². The molecule has 2 aliphatic rings. The van der Waals surface area contributed by atoms with Crippen LogP contribution in [0.3, 0.4) is 0 Å². The standard InChI is InChI=1S/C59H84N16O12.Ca.2H/c1-6-63-57(86)48-14-10-22-75(48)58(87)41(13-9-21-64-59(60)61)68-51(80)42(23-32(2)3)69-52(81)43(24-33(4)5)70-53(82)44(25-34-15-17-37(77)18-16-34)71-56(85)47(30-76)74-54(83)45(26-35-28-65-39-12-8-7-11-38(35)39)72-55(84)46(27-36-29-62-31-66-36)73-50(79)40-19-20-49(78)67-40;;;/h7-8,11-12,15-18,28-29,31-33,40-48,65,76-77H,6,9-10,13-14,19-27,30H2,1-5H3,(H,62,66)(H,63,86)(H,67,78)(H,68,80)(H,69,81)(H,70,82)(H,71,85)(H,72,84)(H,73,79)(H,74,83)(H4,60,61,64);;;/q;+2;2*-1/t40-,41?,42?,43?,44?,45?,46?,47?,48-;;;/m0.../s1. The Hall–Kier alpha value is -7.82. The number of aromatic amines is 2. The zero-order valence-electron chi connectivity index (χ0n) is 52.5. The van der Waals surface area contributed by atoms with Crippen molar-refractivity contribution < 1.29 is 61.0 Å². The summed E-state index contributed by atoms with van der Waals surface area (Å²) in [5, 5.41) is 45.9. The van der Waals surface area contributed by atoms with Gasteiger partial charge in [-0.1, -0.05) is 58.0 Å². The average Bonchev–Trinajstić information content (AvgIpc) is 3.06. The van der Waals surface area contributed by atoms with E-state index in [2.05, 4.69) is 67.8 Å². The summed E-state index contributed by atoms with van der Waals surface area (Å²) in [4.78, 5) is 155. The fraction of sp³-hybridized carbons (Fsp3) is 0.525. The Balaban J connectivity index is 0.00000705. The van der Waals surface area contributed by atoms with E-state index in [1.54, 1.807) is 45.2 Å². The van der Waals surface area contributed by atoms with Gasteiger partial charge >= 0.3 is 37.7 Å². The number of likely N-dealkylation sites (N-methyl/N-ethyl adjacent to an activating group) is 1. The number of para-hydroxylation sites is 1. The molecule has 476 valence electrons. The first-order chi connectivity index (χ1) is 41.5. The van der Waals surface area contributed by atoms with E-state index >= 15 is 0 Å². The Labute approximate surface area is 543 Å². The molecule has 0 bridgehead atoms. The number of nitrogens with one attached hydrogen (secondary N) is 11. The second-order valence-corrected chi connectivity index (χ2v) is 22.8. The number of carbonyl (C=O) groups excluding carboxylic acids is 10. The maximum Gasteiger partial charge on any atom is 2.00 e. The number of benzene rings is 2. The van der Waals surface area contributed by atoms with Crippen LogP contribution in [0.5, 0.6) is 5.75 Å². The van der Waals surface area contributed by atoms with E-state index in [-0.39, 0.29) is 147 Å². The van der Waals surface area contributed by atoms with E-state index in [0.29, 0.717) is 41.6 Å². The third-order valence-electron chi connectivity index (χ3n) is 14.9. The molecule has 29 heteroatoms. The number of hydrogen-bond donors (Lipinski definition) is 15. The van der Waals surface area contributed by atoms with Crippen LogP contribution >= 0.6 is 0 Å². The van der Waals surface area contributed by atoms with E-state index in [1.807, 2.05) is 19.9 Å². The second-order valence-electron chi connectivity index (χ2n) is 22.8. The second kappa shape index (κ2) is 34.7. The number of rotatable bonds is 32. The molecular formula is C59H86CaN16O12. The molecular weight excluding hydrogens is 1160 g/mol. The van der Waals surface area contributed by atoms with Gasteiger partial charge in [0.05, 0.1) is 12.9 Å². The smallest absolute Gasteiger partial charge is 1.00 e. The van der Waals surface area contributed by atoms with Gasteiger partial charge in [0.2, 0.25) is 59.1 Å². The predicted octanol–water partition coefficient (Wildman–Crippen LogP) is -1.59. The fourth-order valence-electron chi connectivity index (χ4n) is 10.5. The van der Waals surface area contributed by atoms with Crippen LogP contribution < -0.4 is 59.3 Å². The molecule has 88 heavy (non-hydrogen) atoms. The maximum atomic E-state index is 14.7. The number of aliphatic imine (C=N–C) groups is 1. The Kier molecular flexibility index (Phi) is 27.9. The molecule has 2 saturated heterocycles. The number of guanidine groups is 1. The molecule has 10 amide bonds. The van der Waals surface area contributed by atoms with E-state index in [9.17, 15) is 58.2 Å². The zero-order chi connectivity index (χ0) is 63.3.